The third kappa shape index (κ3) is 8.68. The van der Waals surface area contributed by atoms with Crippen molar-refractivity contribution in [2.24, 2.45) is 0 Å². The van der Waals surface area contributed by atoms with Crippen LogP contribution in [0.15, 0.2) is 48.5 Å². The topological polar surface area (TPSA) is 79.9 Å². The first-order valence-corrected chi connectivity index (χ1v) is 10.6. The van der Waals surface area contributed by atoms with E-state index < -0.39 is 11.7 Å². The minimum Gasteiger partial charge on any atom is -0.492 e. The van der Waals surface area contributed by atoms with E-state index in [9.17, 15) is 9.59 Å². The van der Waals surface area contributed by atoms with Crippen molar-refractivity contribution in [2.75, 3.05) is 36.9 Å². The molecule has 7 heteroatoms. The number of carbonyl (C=O) groups is 2. The summed E-state index contributed by atoms with van der Waals surface area (Å²) in [7, 11) is 0. The van der Waals surface area contributed by atoms with Gasteiger partial charge in [0.05, 0.1) is 0 Å². The average molecular weight is 428 g/mol. The molecule has 0 bridgehead atoms. The first-order chi connectivity index (χ1) is 14.7. The highest BCUT2D eigenvalue weighted by atomic mass is 16.6. The monoisotopic (exact) mass is 427 g/mol. The molecule has 2 aromatic rings. The number of rotatable bonds is 9. The Bertz CT molecular complexity index is 856. The van der Waals surface area contributed by atoms with Crippen LogP contribution in [0.3, 0.4) is 0 Å². The lowest BCUT2D eigenvalue weighted by atomic mass is 10.2. The van der Waals surface area contributed by atoms with Gasteiger partial charge in [0.2, 0.25) is 0 Å². The van der Waals surface area contributed by atoms with Gasteiger partial charge in [0, 0.05) is 23.5 Å². The van der Waals surface area contributed by atoms with Gasteiger partial charge >= 0.3 is 6.09 Å². The number of ether oxygens (including phenoxy) is 2. The van der Waals surface area contributed by atoms with Crippen LogP contribution < -0.4 is 15.4 Å². The molecule has 2 aromatic carbocycles. The maximum atomic E-state index is 12.6. The standard InChI is InChI=1S/C24H33N3O4/c1-6-27(7-2)15-16-30-21-13-11-19(12-14-21)25-22(28)18-9-8-10-20(17-18)26-23(29)31-24(3,4)5/h8-14,17H,6-7,15-16H2,1-5H3,(H,25,28)(H,26,29). The lowest BCUT2D eigenvalue weighted by Crippen LogP contribution is -2.27. The minimum absolute atomic E-state index is 0.275. The predicted octanol–water partition coefficient (Wildman–Crippen LogP) is 5.01. The Labute approximate surface area is 184 Å². The number of anilines is 2. The molecule has 168 valence electrons. The summed E-state index contributed by atoms with van der Waals surface area (Å²) in [6.45, 7) is 13.1. The summed E-state index contributed by atoms with van der Waals surface area (Å²) in [5, 5.41) is 5.49. The fourth-order valence-electron chi connectivity index (χ4n) is 2.83. The summed E-state index contributed by atoms with van der Waals surface area (Å²) >= 11 is 0. The van der Waals surface area contributed by atoms with E-state index in [1.54, 1.807) is 57.2 Å². The van der Waals surface area contributed by atoms with Crippen molar-refractivity contribution in [2.45, 2.75) is 40.2 Å². The number of nitrogens with zero attached hydrogens (tertiary/aromatic N) is 1. The predicted molar refractivity (Wildman–Crippen MR) is 124 cm³/mol. The van der Waals surface area contributed by atoms with Gasteiger partial charge in [-0.25, -0.2) is 4.79 Å². The van der Waals surface area contributed by atoms with Crippen LogP contribution in [0, 0.1) is 0 Å². The van der Waals surface area contributed by atoms with Gasteiger partial charge in [0.1, 0.15) is 18.0 Å². The Balaban J connectivity index is 1.91. The van der Waals surface area contributed by atoms with E-state index in [1.165, 1.54) is 0 Å². The average Bonchev–Trinajstić information content (AvgIpc) is 2.71. The van der Waals surface area contributed by atoms with E-state index >= 15 is 0 Å². The van der Waals surface area contributed by atoms with E-state index in [-0.39, 0.29) is 5.91 Å². The first-order valence-electron chi connectivity index (χ1n) is 10.6. The maximum absolute atomic E-state index is 12.6. The highest BCUT2D eigenvalue weighted by molar-refractivity contribution is 6.05. The van der Waals surface area contributed by atoms with E-state index in [4.69, 9.17) is 9.47 Å². The lowest BCUT2D eigenvalue weighted by Gasteiger charge is -2.19. The van der Waals surface area contributed by atoms with E-state index in [0.717, 1.165) is 25.4 Å². The molecule has 0 fully saturated rings. The summed E-state index contributed by atoms with van der Waals surface area (Å²) in [5.74, 6) is 0.483. The van der Waals surface area contributed by atoms with E-state index in [2.05, 4.69) is 29.4 Å². The Morgan fingerprint density at radius 2 is 1.61 bits per heavy atom. The van der Waals surface area contributed by atoms with Crippen molar-refractivity contribution in [3.05, 3.63) is 54.1 Å². The molecule has 0 aliphatic carbocycles. The zero-order valence-electron chi connectivity index (χ0n) is 19.0. The van der Waals surface area contributed by atoms with Crippen LogP contribution in [-0.4, -0.2) is 48.7 Å². The second kappa shape index (κ2) is 11.4. The van der Waals surface area contributed by atoms with Crippen molar-refractivity contribution >= 4 is 23.4 Å². The van der Waals surface area contributed by atoms with Crippen molar-refractivity contribution in [1.29, 1.82) is 0 Å². The number of amides is 2. The molecule has 0 heterocycles. The zero-order chi connectivity index (χ0) is 22.9. The van der Waals surface area contributed by atoms with Crippen molar-refractivity contribution in [3.63, 3.8) is 0 Å². The number of likely N-dealkylation sites (N-methyl/N-ethyl adjacent to an activating group) is 1. The fraction of sp³-hybridized carbons (Fsp3) is 0.417. The highest BCUT2D eigenvalue weighted by Crippen LogP contribution is 2.18. The quantitative estimate of drug-likeness (QED) is 0.588. The largest absolute Gasteiger partial charge is 0.492 e. The molecule has 0 spiro atoms. The normalized spacial score (nSPS) is 11.2. The van der Waals surface area contributed by atoms with Crippen molar-refractivity contribution < 1.29 is 19.1 Å². The fourth-order valence-corrected chi connectivity index (χ4v) is 2.83. The Kier molecular flexibility index (Phi) is 8.88. The number of benzene rings is 2. The molecule has 0 atom stereocenters. The molecule has 0 aliphatic rings. The van der Waals surface area contributed by atoms with Crippen LogP contribution in [0.1, 0.15) is 45.0 Å². The van der Waals surface area contributed by atoms with Crippen LogP contribution in [0.4, 0.5) is 16.2 Å². The van der Waals surface area contributed by atoms with Gasteiger partial charge in [-0.2, -0.15) is 0 Å². The Hall–Kier alpha value is -3.06. The second-order valence-electron chi connectivity index (χ2n) is 8.06. The molecule has 0 unspecified atom stereocenters. The van der Waals surface area contributed by atoms with Gasteiger partial charge in [0.25, 0.3) is 5.91 Å². The zero-order valence-corrected chi connectivity index (χ0v) is 19.0. The van der Waals surface area contributed by atoms with Gasteiger partial charge < -0.3 is 19.7 Å². The van der Waals surface area contributed by atoms with Gasteiger partial charge in [-0.15, -0.1) is 0 Å². The molecule has 2 amide bonds. The summed E-state index contributed by atoms with van der Waals surface area (Å²) < 4.78 is 11.0. The smallest absolute Gasteiger partial charge is 0.412 e. The molecule has 0 aliphatic heterocycles. The van der Waals surface area contributed by atoms with Crippen molar-refractivity contribution in [1.82, 2.24) is 4.90 Å². The SMILES string of the molecule is CCN(CC)CCOc1ccc(NC(=O)c2cccc(NC(=O)OC(C)(C)C)c2)cc1. The Morgan fingerprint density at radius 1 is 0.935 bits per heavy atom. The highest BCUT2D eigenvalue weighted by Gasteiger charge is 2.16. The molecule has 0 radical (unpaired) electrons. The van der Waals surface area contributed by atoms with Crippen LogP contribution in [0.25, 0.3) is 0 Å². The maximum Gasteiger partial charge on any atom is 0.412 e. The molecule has 31 heavy (non-hydrogen) atoms. The third-order valence-electron chi connectivity index (χ3n) is 4.45. The molecular weight excluding hydrogens is 394 g/mol. The molecule has 0 saturated carbocycles. The van der Waals surface area contributed by atoms with Crippen LogP contribution in [0.2, 0.25) is 0 Å². The van der Waals surface area contributed by atoms with Gasteiger partial charge in [-0.05, 0) is 76.3 Å². The molecule has 7 nitrogen and oxygen atoms in total. The first kappa shape index (κ1) is 24.2. The van der Waals surface area contributed by atoms with E-state index in [1.807, 2.05) is 12.1 Å². The number of hydrogen-bond acceptors (Lipinski definition) is 5. The third-order valence-corrected chi connectivity index (χ3v) is 4.45. The van der Waals surface area contributed by atoms with Crippen molar-refractivity contribution in [3.8, 4) is 5.75 Å². The minimum atomic E-state index is -0.597. The second-order valence-corrected chi connectivity index (χ2v) is 8.06. The van der Waals surface area contributed by atoms with Crippen LogP contribution in [-0.2, 0) is 4.74 Å². The summed E-state index contributed by atoms with van der Waals surface area (Å²) in [6, 6.07) is 13.9. The molecule has 0 saturated heterocycles. The molecule has 2 N–H and O–H groups in total. The lowest BCUT2D eigenvalue weighted by molar-refractivity contribution is 0.0635. The van der Waals surface area contributed by atoms with Gasteiger partial charge in [-0.3, -0.25) is 10.1 Å². The molecule has 2 rings (SSSR count). The molecule has 0 aromatic heterocycles. The summed E-state index contributed by atoms with van der Waals surface area (Å²) in [4.78, 5) is 26.8. The van der Waals surface area contributed by atoms with Gasteiger partial charge in [0.15, 0.2) is 0 Å². The summed E-state index contributed by atoms with van der Waals surface area (Å²) in [5.41, 5.74) is 0.971. The molecular formula is C24H33N3O4. The summed E-state index contributed by atoms with van der Waals surface area (Å²) in [6.07, 6.45) is -0.568. The van der Waals surface area contributed by atoms with Crippen LogP contribution in [0.5, 0.6) is 5.75 Å². The van der Waals surface area contributed by atoms with E-state index in [0.29, 0.717) is 23.5 Å². The van der Waals surface area contributed by atoms with Gasteiger partial charge in [-0.1, -0.05) is 19.9 Å². The number of nitrogens with one attached hydrogen (secondary N) is 2. The number of hydrogen-bond donors (Lipinski definition) is 2. The van der Waals surface area contributed by atoms with Crippen LogP contribution >= 0.6 is 0 Å². The number of carbonyl (C=O) groups excluding carboxylic acids is 2. The Morgan fingerprint density at radius 3 is 2.23 bits per heavy atom.